The molecular weight excluding hydrogens is 238 g/mol. The molecule has 1 aliphatic carbocycles. The highest BCUT2D eigenvalue weighted by Crippen LogP contribution is 2.34. The van der Waals surface area contributed by atoms with E-state index in [0.29, 0.717) is 0 Å². The van der Waals surface area contributed by atoms with Crippen molar-refractivity contribution < 1.29 is 9.90 Å². The van der Waals surface area contributed by atoms with Crippen LogP contribution in [-0.2, 0) is 11.2 Å². The highest BCUT2D eigenvalue weighted by atomic mass is 16.4. The van der Waals surface area contributed by atoms with E-state index in [-0.39, 0.29) is 18.6 Å². The molecule has 1 aromatic carbocycles. The topological polar surface area (TPSA) is 40.5 Å². The van der Waals surface area contributed by atoms with Crippen molar-refractivity contribution in [3.05, 3.63) is 35.4 Å². The van der Waals surface area contributed by atoms with E-state index < -0.39 is 5.97 Å². The zero-order valence-electron chi connectivity index (χ0n) is 11.8. The maximum absolute atomic E-state index is 11.1. The Morgan fingerprint density at radius 3 is 2.79 bits per heavy atom. The highest BCUT2D eigenvalue weighted by Gasteiger charge is 2.27. The Hall–Kier alpha value is -1.35. The molecule has 1 atom stereocenters. The molecule has 0 heterocycles. The summed E-state index contributed by atoms with van der Waals surface area (Å²) in [5.41, 5.74) is 2.72. The third kappa shape index (κ3) is 3.35. The minimum absolute atomic E-state index is 0.122. The second-order valence-electron chi connectivity index (χ2n) is 5.62. The fourth-order valence-electron chi connectivity index (χ4n) is 3.05. The molecule has 104 valence electrons. The molecule has 0 amide bonds. The molecule has 0 saturated heterocycles. The fraction of sp³-hybridized carbons (Fsp3) is 0.562. The van der Waals surface area contributed by atoms with Crippen LogP contribution in [0.15, 0.2) is 24.3 Å². The minimum Gasteiger partial charge on any atom is -0.480 e. The Kier molecular flexibility index (Phi) is 4.59. The lowest BCUT2D eigenvalue weighted by atomic mass is 9.97. The van der Waals surface area contributed by atoms with Gasteiger partial charge in [-0.05, 0) is 44.2 Å². The van der Waals surface area contributed by atoms with Crippen molar-refractivity contribution in [2.75, 3.05) is 6.54 Å². The van der Waals surface area contributed by atoms with Crippen molar-refractivity contribution in [1.82, 2.24) is 4.90 Å². The third-order valence-corrected chi connectivity index (χ3v) is 3.97. The van der Waals surface area contributed by atoms with E-state index in [1.54, 1.807) is 0 Å². The lowest BCUT2D eigenvalue weighted by Gasteiger charge is -2.34. The van der Waals surface area contributed by atoms with Crippen molar-refractivity contribution in [2.45, 2.75) is 51.6 Å². The second kappa shape index (κ2) is 6.20. The Morgan fingerprint density at radius 1 is 1.37 bits per heavy atom. The first-order valence-electron chi connectivity index (χ1n) is 7.15. The zero-order valence-corrected chi connectivity index (χ0v) is 11.8. The quantitative estimate of drug-likeness (QED) is 0.846. The van der Waals surface area contributed by atoms with Gasteiger partial charge in [0.05, 0.1) is 6.54 Å². The molecule has 1 aliphatic rings. The van der Waals surface area contributed by atoms with E-state index in [1.807, 2.05) is 0 Å². The van der Waals surface area contributed by atoms with Crippen LogP contribution in [0.4, 0.5) is 0 Å². The summed E-state index contributed by atoms with van der Waals surface area (Å²) in [6, 6.07) is 8.99. The Labute approximate surface area is 115 Å². The molecule has 0 bridgehead atoms. The van der Waals surface area contributed by atoms with E-state index in [0.717, 1.165) is 12.8 Å². The van der Waals surface area contributed by atoms with Crippen LogP contribution in [0.3, 0.4) is 0 Å². The van der Waals surface area contributed by atoms with E-state index in [2.05, 4.69) is 43.0 Å². The average molecular weight is 261 g/mol. The summed E-state index contributed by atoms with van der Waals surface area (Å²) in [6.07, 6.45) is 4.54. The molecule has 0 fully saturated rings. The monoisotopic (exact) mass is 261 g/mol. The highest BCUT2D eigenvalue weighted by molar-refractivity contribution is 5.69. The summed E-state index contributed by atoms with van der Waals surface area (Å²) in [7, 11) is 0. The maximum Gasteiger partial charge on any atom is 0.317 e. The zero-order chi connectivity index (χ0) is 13.8. The first kappa shape index (κ1) is 14.1. The number of aliphatic carboxylic acids is 1. The van der Waals surface area contributed by atoms with Gasteiger partial charge in [-0.2, -0.15) is 0 Å². The smallest absolute Gasteiger partial charge is 0.317 e. The van der Waals surface area contributed by atoms with Gasteiger partial charge in [0.25, 0.3) is 0 Å². The summed E-state index contributed by atoms with van der Waals surface area (Å²) >= 11 is 0. The van der Waals surface area contributed by atoms with Crippen LogP contribution in [0.25, 0.3) is 0 Å². The number of hydrogen-bond acceptors (Lipinski definition) is 2. The van der Waals surface area contributed by atoms with Crippen molar-refractivity contribution in [2.24, 2.45) is 0 Å². The van der Waals surface area contributed by atoms with Crippen molar-refractivity contribution in [3.63, 3.8) is 0 Å². The molecule has 0 aromatic heterocycles. The van der Waals surface area contributed by atoms with Gasteiger partial charge in [-0.15, -0.1) is 0 Å². The van der Waals surface area contributed by atoms with E-state index >= 15 is 0 Å². The number of nitrogens with zero attached hydrogens (tertiary/aromatic N) is 1. The number of benzene rings is 1. The number of rotatable bonds is 4. The molecule has 2 rings (SSSR count). The average Bonchev–Trinajstić information content (AvgIpc) is 2.57. The predicted molar refractivity (Wildman–Crippen MR) is 76.2 cm³/mol. The van der Waals surface area contributed by atoms with Crippen LogP contribution in [0, 0.1) is 0 Å². The number of aryl methyl sites for hydroxylation is 1. The fourth-order valence-corrected chi connectivity index (χ4v) is 3.05. The Morgan fingerprint density at radius 2 is 2.11 bits per heavy atom. The van der Waals surface area contributed by atoms with E-state index in [4.69, 9.17) is 5.11 Å². The van der Waals surface area contributed by atoms with Crippen LogP contribution in [0.1, 0.15) is 50.3 Å². The molecule has 3 nitrogen and oxygen atoms in total. The summed E-state index contributed by atoms with van der Waals surface area (Å²) < 4.78 is 0. The van der Waals surface area contributed by atoms with Crippen LogP contribution in [-0.4, -0.2) is 28.6 Å². The normalized spacial score (nSPS) is 19.3. The molecule has 3 heteroatoms. The standard InChI is InChI=1S/C16H23NO2/c1-12(2)17(11-16(18)19)15-10-6-4-8-13-7-3-5-9-14(13)15/h3,5,7,9,12,15H,4,6,8,10-11H2,1-2H3,(H,18,19). The molecule has 19 heavy (non-hydrogen) atoms. The van der Waals surface area contributed by atoms with Crippen LogP contribution in [0.5, 0.6) is 0 Å². The summed E-state index contributed by atoms with van der Waals surface area (Å²) in [5.74, 6) is -0.740. The van der Waals surface area contributed by atoms with Gasteiger partial charge in [0.15, 0.2) is 0 Å². The van der Waals surface area contributed by atoms with Gasteiger partial charge in [0, 0.05) is 12.1 Å². The van der Waals surface area contributed by atoms with Crippen LogP contribution in [0.2, 0.25) is 0 Å². The van der Waals surface area contributed by atoms with Crippen molar-refractivity contribution in [3.8, 4) is 0 Å². The molecule has 0 saturated carbocycles. The lowest BCUT2D eigenvalue weighted by molar-refractivity contribution is -0.139. The van der Waals surface area contributed by atoms with Crippen molar-refractivity contribution >= 4 is 5.97 Å². The summed E-state index contributed by atoms with van der Waals surface area (Å²) in [6.45, 7) is 4.28. The summed E-state index contributed by atoms with van der Waals surface area (Å²) in [5, 5.41) is 9.14. The summed E-state index contributed by atoms with van der Waals surface area (Å²) in [4.78, 5) is 13.2. The predicted octanol–water partition coefficient (Wildman–Crippen LogP) is 3.25. The van der Waals surface area contributed by atoms with Crippen LogP contribution >= 0.6 is 0 Å². The van der Waals surface area contributed by atoms with Crippen LogP contribution < -0.4 is 0 Å². The first-order valence-corrected chi connectivity index (χ1v) is 7.15. The number of fused-ring (bicyclic) bond motifs is 1. The van der Waals surface area contributed by atoms with E-state index in [1.165, 1.54) is 24.0 Å². The van der Waals surface area contributed by atoms with Gasteiger partial charge in [-0.25, -0.2) is 0 Å². The van der Waals surface area contributed by atoms with Gasteiger partial charge in [-0.1, -0.05) is 30.7 Å². The van der Waals surface area contributed by atoms with Gasteiger partial charge < -0.3 is 5.11 Å². The molecule has 0 radical (unpaired) electrons. The number of carboxylic acids is 1. The molecule has 1 N–H and O–H groups in total. The minimum atomic E-state index is -0.740. The van der Waals surface area contributed by atoms with Gasteiger partial charge in [0.2, 0.25) is 0 Å². The van der Waals surface area contributed by atoms with E-state index in [9.17, 15) is 4.79 Å². The maximum atomic E-state index is 11.1. The molecule has 1 aromatic rings. The number of carboxylic acid groups (broad SMARTS) is 1. The third-order valence-electron chi connectivity index (χ3n) is 3.97. The molecular formula is C16H23NO2. The second-order valence-corrected chi connectivity index (χ2v) is 5.62. The number of carbonyl (C=O) groups is 1. The van der Waals surface area contributed by atoms with Crippen molar-refractivity contribution in [1.29, 1.82) is 0 Å². The Bertz CT molecular complexity index is 442. The molecule has 0 aliphatic heterocycles. The van der Waals surface area contributed by atoms with Gasteiger partial charge in [-0.3, -0.25) is 9.69 Å². The SMILES string of the molecule is CC(C)N(CC(=O)O)C1CCCCc2ccccc21. The molecule has 1 unspecified atom stereocenters. The Balaban J connectivity index is 2.33. The molecule has 0 spiro atoms. The lowest BCUT2D eigenvalue weighted by Crippen LogP contribution is -2.39. The largest absolute Gasteiger partial charge is 0.480 e. The first-order chi connectivity index (χ1) is 9.09. The van der Waals surface area contributed by atoms with Gasteiger partial charge in [0.1, 0.15) is 0 Å². The van der Waals surface area contributed by atoms with Gasteiger partial charge >= 0.3 is 5.97 Å². The number of hydrogen-bond donors (Lipinski definition) is 1.